The van der Waals surface area contributed by atoms with E-state index in [1.54, 1.807) is 13.4 Å². The van der Waals surface area contributed by atoms with E-state index in [9.17, 15) is 0 Å². The normalized spacial score (nSPS) is 10.9. The Labute approximate surface area is 187 Å². The molecule has 0 spiro atoms. The number of aromatic nitrogens is 3. The van der Waals surface area contributed by atoms with Crippen LogP contribution >= 0.6 is 0 Å². The Morgan fingerprint density at radius 2 is 1.62 bits per heavy atom. The topological polar surface area (TPSA) is 52.0 Å². The van der Waals surface area contributed by atoms with Gasteiger partial charge in [0.25, 0.3) is 0 Å². The van der Waals surface area contributed by atoms with E-state index in [1.165, 1.54) is 11.1 Å². The number of fused-ring (bicyclic) bond motifs is 1. The van der Waals surface area contributed by atoms with Gasteiger partial charge in [0, 0.05) is 18.3 Å². The molecule has 0 unspecified atom stereocenters. The van der Waals surface area contributed by atoms with Crippen LogP contribution in [0, 0.1) is 6.92 Å². The molecule has 2 heterocycles. The van der Waals surface area contributed by atoms with Crippen molar-refractivity contribution in [3.63, 3.8) is 0 Å². The van der Waals surface area contributed by atoms with Crippen molar-refractivity contribution in [3.8, 4) is 22.6 Å². The fraction of sp³-hybridized carbons (Fsp3) is 0.111. The maximum Gasteiger partial charge on any atom is 0.150 e. The minimum Gasteiger partial charge on any atom is -0.495 e. The minimum atomic E-state index is 0.681. The number of rotatable bonds is 6. The molecule has 0 fully saturated rings. The lowest BCUT2D eigenvalue weighted by atomic mass is 10.1. The highest BCUT2D eigenvalue weighted by molar-refractivity contribution is 6.02. The van der Waals surface area contributed by atoms with Crippen molar-refractivity contribution in [3.05, 3.63) is 103 Å². The van der Waals surface area contributed by atoms with E-state index in [-0.39, 0.29) is 0 Å². The molecule has 0 aliphatic heterocycles. The summed E-state index contributed by atoms with van der Waals surface area (Å²) in [6.07, 6.45) is 3.73. The third-order valence-corrected chi connectivity index (χ3v) is 5.59. The molecule has 5 heteroatoms. The Balaban J connectivity index is 1.67. The Morgan fingerprint density at radius 3 is 2.41 bits per heavy atom. The number of benzene rings is 3. The molecule has 3 aromatic carbocycles. The summed E-state index contributed by atoms with van der Waals surface area (Å²) in [6, 6.07) is 26.8. The zero-order valence-corrected chi connectivity index (χ0v) is 18.1. The number of aryl methyl sites for hydroxylation is 1. The predicted octanol–water partition coefficient (Wildman–Crippen LogP) is 6.02. The second-order valence-electron chi connectivity index (χ2n) is 7.71. The van der Waals surface area contributed by atoms with E-state index in [1.807, 2.05) is 42.5 Å². The molecule has 0 saturated heterocycles. The van der Waals surface area contributed by atoms with Gasteiger partial charge in [0.15, 0.2) is 5.65 Å². The number of nitrogens with zero attached hydrogens (tertiary/aromatic N) is 3. The van der Waals surface area contributed by atoms with E-state index < -0.39 is 0 Å². The van der Waals surface area contributed by atoms with Crippen molar-refractivity contribution in [1.82, 2.24) is 14.5 Å². The van der Waals surface area contributed by atoms with Crippen molar-refractivity contribution in [2.24, 2.45) is 0 Å². The maximum atomic E-state index is 5.63. The van der Waals surface area contributed by atoms with Crippen LogP contribution in [-0.2, 0) is 6.54 Å². The average molecular weight is 421 g/mol. The van der Waals surface area contributed by atoms with Gasteiger partial charge in [0.05, 0.1) is 18.2 Å². The second kappa shape index (κ2) is 8.55. The van der Waals surface area contributed by atoms with Crippen LogP contribution in [0.25, 0.3) is 27.8 Å². The van der Waals surface area contributed by atoms with Gasteiger partial charge in [-0.25, -0.2) is 9.97 Å². The van der Waals surface area contributed by atoms with Gasteiger partial charge in [-0.2, -0.15) is 0 Å². The number of para-hydroxylation sites is 2. The van der Waals surface area contributed by atoms with E-state index in [4.69, 9.17) is 4.74 Å². The smallest absolute Gasteiger partial charge is 0.150 e. The molecule has 5 nitrogen and oxygen atoms in total. The molecule has 5 rings (SSSR count). The Bertz CT molecular complexity index is 1360. The van der Waals surface area contributed by atoms with E-state index in [0.717, 1.165) is 39.4 Å². The average Bonchev–Trinajstić information content (AvgIpc) is 3.24. The first kappa shape index (κ1) is 19.8. The van der Waals surface area contributed by atoms with Crippen LogP contribution in [0.5, 0.6) is 5.75 Å². The Morgan fingerprint density at radius 1 is 0.875 bits per heavy atom. The van der Waals surface area contributed by atoms with Crippen LogP contribution in [0.2, 0.25) is 0 Å². The zero-order chi connectivity index (χ0) is 21.9. The standard InChI is InChI=1S/C27H24N4O/c1-19-12-14-20(15-13-19)16-28-26-25-22(21-8-4-3-5-9-21)17-31(27(25)30-18-29-26)23-10-6-7-11-24(23)32-2/h3-15,17-18H,16H2,1-2H3,(H,28,29,30). The lowest BCUT2D eigenvalue weighted by Gasteiger charge is -2.11. The fourth-order valence-corrected chi connectivity index (χ4v) is 3.94. The number of methoxy groups -OCH3 is 1. The first-order valence-electron chi connectivity index (χ1n) is 10.6. The maximum absolute atomic E-state index is 5.63. The number of nitrogens with one attached hydrogen (secondary N) is 1. The Kier molecular flexibility index (Phi) is 5.30. The molecule has 32 heavy (non-hydrogen) atoms. The quantitative estimate of drug-likeness (QED) is 0.365. The summed E-state index contributed by atoms with van der Waals surface area (Å²) < 4.78 is 7.71. The number of hydrogen-bond donors (Lipinski definition) is 1. The monoisotopic (exact) mass is 420 g/mol. The molecule has 0 atom stereocenters. The summed E-state index contributed by atoms with van der Waals surface area (Å²) in [5, 5.41) is 4.51. The lowest BCUT2D eigenvalue weighted by Crippen LogP contribution is -2.03. The van der Waals surface area contributed by atoms with Crippen LogP contribution in [0.1, 0.15) is 11.1 Å². The van der Waals surface area contributed by atoms with Crippen molar-refractivity contribution < 1.29 is 4.74 Å². The summed E-state index contributed by atoms with van der Waals surface area (Å²) >= 11 is 0. The van der Waals surface area contributed by atoms with Gasteiger partial charge in [-0.05, 0) is 30.2 Å². The van der Waals surface area contributed by atoms with Crippen LogP contribution in [0.4, 0.5) is 5.82 Å². The third kappa shape index (κ3) is 3.69. The van der Waals surface area contributed by atoms with E-state index >= 15 is 0 Å². The summed E-state index contributed by atoms with van der Waals surface area (Å²) in [7, 11) is 1.69. The van der Waals surface area contributed by atoms with Crippen molar-refractivity contribution in [1.29, 1.82) is 0 Å². The van der Waals surface area contributed by atoms with Gasteiger partial charge in [-0.1, -0.05) is 72.3 Å². The molecule has 0 saturated carbocycles. The SMILES string of the molecule is COc1ccccc1-n1cc(-c2ccccc2)c2c(NCc3ccc(C)cc3)ncnc21. The van der Waals surface area contributed by atoms with Gasteiger partial charge in [-0.3, -0.25) is 4.57 Å². The highest BCUT2D eigenvalue weighted by Gasteiger charge is 2.18. The largest absolute Gasteiger partial charge is 0.495 e. The summed E-state index contributed by atoms with van der Waals surface area (Å²) in [4.78, 5) is 9.27. The first-order chi connectivity index (χ1) is 15.7. The molecular weight excluding hydrogens is 396 g/mol. The highest BCUT2D eigenvalue weighted by atomic mass is 16.5. The molecular formula is C27H24N4O. The van der Waals surface area contributed by atoms with Crippen LogP contribution in [-0.4, -0.2) is 21.6 Å². The zero-order valence-electron chi connectivity index (χ0n) is 18.1. The molecule has 0 bridgehead atoms. The molecule has 1 N–H and O–H groups in total. The van der Waals surface area contributed by atoms with Crippen LogP contribution in [0.3, 0.4) is 0 Å². The van der Waals surface area contributed by atoms with Gasteiger partial charge in [0.1, 0.15) is 17.9 Å². The van der Waals surface area contributed by atoms with Crippen molar-refractivity contribution >= 4 is 16.9 Å². The number of hydrogen-bond acceptors (Lipinski definition) is 4. The third-order valence-electron chi connectivity index (χ3n) is 5.59. The summed E-state index contributed by atoms with van der Waals surface area (Å²) in [6.45, 7) is 2.78. The number of anilines is 1. The van der Waals surface area contributed by atoms with E-state index in [0.29, 0.717) is 6.54 Å². The minimum absolute atomic E-state index is 0.681. The lowest BCUT2D eigenvalue weighted by molar-refractivity contribution is 0.413. The molecule has 158 valence electrons. The Hall–Kier alpha value is -4.12. The fourth-order valence-electron chi connectivity index (χ4n) is 3.94. The van der Waals surface area contributed by atoms with Crippen molar-refractivity contribution in [2.45, 2.75) is 13.5 Å². The van der Waals surface area contributed by atoms with Crippen molar-refractivity contribution in [2.75, 3.05) is 12.4 Å². The summed E-state index contributed by atoms with van der Waals surface area (Å²) in [5.41, 5.74) is 6.39. The van der Waals surface area contributed by atoms with Crippen LogP contribution in [0.15, 0.2) is 91.4 Å². The van der Waals surface area contributed by atoms with Gasteiger partial charge in [0.2, 0.25) is 0 Å². The molecule has 0 amide bonds. The van der Waals surface area contributed by atoms with Gasteiger partial charge >= 0.3 is 0 Å². The predicted molar refractivity (Wildman–Crippen MR) is 129 cm³/mol. The second-order valence-corrected chi connectivity index (χ2v) is 7.71. The molecule has 2 aromatic heterocycles. The number of ether oxygens (including phenoxy) is 1. The highest BCUT2D eigenvalue weighted by Crippen LogP contribution is 2.37. The molecule has 0 radical (unpaired) electrons. The summed E-state index contributed by atoms with van der Waals surface area (Å²) in [5.74, 6) is 1.60. The van der Waals surface area contributed by atoms with Gasteiger partial charge in [-0.15, -0.1) is 0 Å². The molecule has 5 aromatic rings. The van der Waals surface area contributed by atoms with Crippen LogP contribution < -0.4 is 10.1 Å². The van der Waals surface area contributed by atoms with E-state index in [2.05, 4.69) is 69.4 Å². The molecule has 0 aliphatic rings. The van der Waals surface area contributed by atoms with Gasteiger partial charge < -0.3 is 10.1 Å². The first-order valence-corrected chi connectivity index (χ1v) is 10.6. The molecule has 0 aliphatic carbocycles.